The van der Waals surface area contributed by atoms with Crippen LogP contribution in [0.4, 0.5) is 0 Å². The highest BCUT2D eigenvalue weighted by Gasteiger charge is 2.52. The van der Waals surface area contributed by atoms with Crippen LogP contribution in [-0.4, -0.2) is 23.2 Å². The molecule has 4 aromatic carbocycles. The molecule has 2 aliphatic carbocycles. The number of ether oxygens (including phenoxy) is 1. The van der Waals surface area contributed by atoms with Gasteiger partial charge in [0.05, 0.1) is 17.5 Å². The Kier molecular flexibility index (Phi) is 7.17. The molecule has 6 heteroatoms. The van der Waals surface area contributed by atoms with Crippen LogP contribution in [0.1, 0.15) is 58.5 Å². The van der Waals surface area contributed by atoms with Gasteiger partial charge in [-0.15, -0.1) is 11.8 Å². The average molecular weight is 598 g/mol. The molecular formula is C38H31NO4S. The SMILES string of the molecule is CC1(C)C=C2N=C3c4ccccc4C(=O)C3[C@H](c3ccc(OC(=O)[C@H](Sc4ccccc4)c4ccccc4)cc3)[C@H]2C(=O)C1. The van der Waals surface area contributed by atoms with E-state index in [2.05, 4.69) is 6.08 Å². The van der Waals surface area contributed by atoms with Gasteiger partial charge in [0.1, 0.15) is 16.8 Å². The lowest BCUT2D eigenvalue weighted by Gasteiger charge is -2.40. The Hall–Kier alpha value is -4.55. The van der Waals surface area contributed by atoms with Crippen molar-refractivity contribution in [3.05, 3.63) is 143 Å². The Balaban J connectivity index is 1.21. The van der Waals surface area contributed by atoms with Gasteiger partial charge in [0.15, 0.2) is 5.78 Å². The minimum Gasteiger partial charge on any atom is -0.425 e. The molecule has 0 amide bonds. The second-order valence-electron chi connectivity index (χ2n) is 12.3. The van der Waals surface area contributed by atoms with E-state index in [0.717, 1.165) is 33.0 Å². The summed E-state index contributed by atoms with van der Waals surface area (Å²) in [5, 5.41) is -0.555. The van der Waals surface area contributed by atoms with Gasteiger partial charge in [-0.25, -0.2) is 0 Å². The fraction of sp³-hybridized carbons (Fsp3) is 0.211. The van der Waals surface area contributed by atoms with Crippen molar-refractivity contribution in [2.24, 2.45) is 22.2 Å². The lowest BCUT2D eigenvalue weighted by Crippen LogP contribution is -2.41. The van der Waals surface area contributed by atoms with Crippen LogP contribution >= 0.6 is 11.8 Å². The fourth-order valence-corrected chi connectivity index (χ4v) is 7.78. The van der Waals surface area contributed by atoms with E-state index >= 15 is 0 Å². The van der Waals surface area contributed by atoms with Gasteiger partial charge in [0.25, 0.3) is 0 Å². The van der Waals surface area contributed by atoms with Crippen molar-refractivity contribution in [3.63, 3.8) is 0 Å². The Morgan fingerprint density at radius 2 is 1.45 bits per heavy atom. The summed E-state index contributed by atoms with van der Waals surface area (Å²) in [6.45, 7) is 4.09. The second-order valence-corrected chi connectivity index (χ2v) is 13.5. The number of Topliss-reactive ketones (excluding diaryl/α,β-unsaturated/α-hetero) is 2. The van der Waals surface area contributed by atoms with Crippen molar-refractivity contribution in [3.8, 4) is 5.75 Å². The molecule has 0 spiro atoms. The predicted molar refractivity (Wildman–Crippen MR) is 172 cm³/mol. The minimum absolute atomic E-state index is 0.000164. The van der Waals surface area contributed by atoms with Gasteiger partial charge in [0.2, 0.25) is 0 Å². The maximum atomic E-state index is 13.8. The van der Waals surface area contributed by atoms with Crippen molar-refractivity contribution in [2.75, 3.05) is 0 Å². The lowest BCUT2D eigenvalue weighted by molar-refractivity contribution is -0.134. The zero-order valence-corrected chi connectivity index (χ0v) is 25.3. The monoisotopic (exact) mass is 597 g/mol. The van der Waals surface area contributed by atoms with Crippen LogP contribution in [0, 0.1) is 17.3 Å². The molecule has 0 N–H and O–H groups in total. The van der Waals surface area contributed by atoms with Crippen molar-refractivity contribution in [2.45, 2.75) is 36.3 Å². The maximum Gasteiger partial charge on any atom is 0.329 e. The first kappa shape index (κ1) is 28.2. The van der Waals surface area contributed by atoms with Crippen molar-refractivity contribution in [1.29, 1.82) is 0 Å². The van der Waals surface area contributed by atoms with Gasteiger partial charge in [-0.2, -0.15) is 0 Å². The summed E-state index contributed by atoms with van der Waals surface area (Å²) in [5.74, 6) is -1.31. The molecule has 1 heterocycles. The molecule has 218 valence electrons. The van der Waals surface area contributed by atoms with Crippen LogP contribution in [0.5, 0.6) is 5.75 Å². The number of thioether (sulfide) groups is 1. The molecule has 0 saturated heterocycles. The number of fused-ring (bicyclic) bond motifs is 4. The van der Waals surface area contributed by atoms with Gasteiger partial charge in [-0.1, -0.05) is 105 Å². The third kappa shape index (κ3) is 5.13. The molecule has 0 aromatic heterocycles. The first-order chi connectivity index (χ1) is 21.3. The number of aliphatic imine (C=N–C) groups is 1. The summed E-state index contributed by atoms with van der Waals surface area (Å²) in [4.78, 5) is 47.0. The molecule has 0 radical (unpaired) electrons. The highest BCUT2D eigenvalue weighted by molar-refractivity contribution is 8.00. The predicted octanol–water partition coefficient (Wildman–Crippen LogP) is 8.02. The normalized spacial score (nSPS) is 22.2. The van der Waals surface area contributed by atoms with Gasteiger partial charge >= 0.3 is 5.97 Å². The zero-order valence-electron chi connectivity index (χ0n) is 24.5. The molecule has 1 unspecified atom stereocenters. The minimum atomic E-state index is -0.555. The number of ketones is 2. The van der Waals surface area contributed by atoms with E-state index in [-0.39, 0.29) is 23.0 Å². The molecule has 4 atom stereocenters. The maximum absolute atomic E-state index is 13.8. The largest absolute Gasteiger partial charge is 0.425 e. The quantitative estimate of drug-likeness (QED) is 0.128. The molecule has 1 aliphatic heterocycles. The smallest absolute Gasteiger partial charge is 0.329 e. The topological polar surface area (TPSA) is 72.8 Å². The number of esters is 1. The third-order valence-corrected chi connectivity index (χ3v) is 9.89. The lowest BCUT2D eigenvalue weighted by atomic mass is 9.64. The summed E-state index contributed by atoms with van der Waals surface area (Å²) < 4.78 is 5.93. The number of allylic oxidation sites excluding steroid dienone is 2. The van der Waals surface area contributed by atoms with Crippen LogP contribution in [-0.2, 0) is 9.59 Å². The van der Waals surface area contributed by atoms with E-state index in [9.17, 15) is 14.4 Å². The molecule has 4 aromatic rings. The number of carbonyl (C=O) groups excluding carboxylic acids is 3. The Morgan fingerprint density at radius 3 is 2.16 bits per heavy atom. The highest BCUT2D eigenvalue weighted by Crippen LogP contribution is 2.51. The van der Waals surface area contributed by atoms with Crippen molar-refractivity contribution < 1.29 is 19.1 Å². The van der Waals surface area contributed by atoms with Gasteiger partial charge < -0.3 is 4.74 Å². The number of carbonyl (C=O) groups is 3. The van der Waals surface area contributed by atoms with Crippen LogP contribution in [0.25, 0.3) is 0 Å². The van der Waals surface area contributed by atoms with Crippen molar-refractivity contribution >= 4 is 35.0 Å². The molecule has 44 heavy (non-hydrogen) atoms. The van der Waals surface area contributed by atoms with Crippen LogP contribution in [0.3, 0.4) is 0 Å². The summed E-state index contributed by atoms with van der Waals surface area (Å²) in [6, 6.07) is 34.3. The zero-order chi connectivity index (χ0) is 30.4. The highest BCUT2D eigenvalue weighted by atomic mass is 32.2. The van der Waals surface area contributed by atoms with E-state index in [0.29, 0.717) is 17.7 Å². The first-order valence-corrected chi connectivity index (χ1v) is 15.7. The molecule has 5 nitrogen and oxygen atoms in total. The molecule has 3 aliphatic rings. The van der Waals surface area contributed by atoms with E-state index in [4.69, 9.17) is 9.73 Å². The Labute approximate surface area is 261 Å². The van der Waals surface area contributed by atoms with Crippen molar-refractivity contribution in [1.82, 2.24) is 0 Å². The molecule has 7 rings (SSSR count). The summed E-state index contributed by atoms with van der Waals surface area (Å²) >= 11 is 1.44. The summed E-state index contributed by atoms with van der Waals surface area (Å²) in [6.07, 6.45) is 2.50. The number of benzene rings is 4. The third-order valence-electron chi connectivity index (χ3n) is 8.64. The molecule has 0 fully saturated rings. The Morgan fingerprint density at radius 1 is 0.818 bits per heavy atom. The van der Waals surface area contributed by atoms with Gasteiger partial charge in [0, 0.05) is 34.1 Å². The van der Waals surface area contributed by atoms with E-state index in [1.54, 1.807) is 12.1 Å². The van der Waals surface area contributed by atoms with Gasteiger partial charge in [-0.05, 0) is 40.8 Å². The first-order valence-electron chi connectivity index (χ1n) is 14.8. The summed E-state index contributed by atoms with van der Waals surface area (Å²) in [5.41, 5.74) is 4.38. The van der Waals surface area contributed by atoms with E-state index in [1.165, 1.54) is 11.8 Å². The fourth-order valence-electron chi connectivity index (χ4n) is 6.75. The number of nitrogens with zero attached hydrogens (tertiary/aromatic N) is 1. The summed E-state index contributed by atoms with van der Waals surface area (Å²) in [7, 11) is 0. The number of hydrogen-bond acceptors (Lipinski definition) is 6. The average Bonchev–Trinajstić information content (AvgIpc) is 3.31. The number of rotatable bonds is 6. The molecule has 0 bridgehead atoms. The van der Waals surface area contributed by atoms with E-state index in [1.807, 2.05) is 111 Å². The van der Waals surface area contributed by atoms with Crippen LogP contribution < -0.4 is 4.74 Å². The van der Waals surface area contributed by atoms with Crippen LogP contribution in [0.2, 0.25) is 0 Å². The molecular weight excluding hydrogens is 566 g/mol. The van der Waals surface area contributed by atoms with E-state index < -0.39 is 23.0 Å². The standard InChI is InChI=1S/C38H31NO4S/c1-38(2)21-29-32(30(40)22-38)31(33-34(39-29)27-15-9-10-16-28(27)35(33)41)23-17-19-25(20-18-23)43-37(42)36(24-11-5-3-6-12-24)44-26-13-7-4-8-14-26/h3-21,31-33,36H,22H2,1-2H3/t31-,32-,33?,36-/m1/s1. The van der Waals surface area contributed by atoms with Gasteiger partial charge in [-0.3, -0.25) is 19.4 Å². The Bertz CT molecular complexity index is 1830. The van der Waals surface area contributed by atoms with Crippen LogP contribution in [0.15, 0.2) is 131 Å². The molecule has 0 saturated carbocycles. The number of hydrogen-bond donors (Lipinski definition) is 0. The second kappa shape index (κ2) is 11.2.